The van der Waals surface area contributed by atoms with E-state index in [-0.39, 0.29) is 12.2 Å². The summed E-state index contributed by atoms with van der Waals surface area (Å²) in [5, 5.41) is 9.38. The zero-order valence-corrected chi connectivity index (χ0v) is 14.2. The van der Waals surface area contributed by atoms with Crippen molar-refractivity contribution in [1.82, 2.24) is 0 Å². The van der Waals surface area contributed by atoms with Crippen LogP contribution in [0.4, 0.5) is 4.39 Å². The van der Waals surface area contributed by atoms with Gasteiger partial charge in [-0.3, -0.25) is 4.79 Å². The van der Waals surface area contributed by atoms with E-state index >= 15 is 0 Å². The Labute approximate surface area is 139 Å². The van der Waals surface area contributed by atoms with Gasteiger partial charge in [0.2, 0.25) is 0 Å². The van der Waals surface area contributed by atoms with E-state index in [1.165, 1.54) is 6.07 Å². The highest BCUT2D eigenvalue weighted by atomic mass is 79.9. The van der Waals surface area contributed by atoms with Crippen LogP contribution < -0.4 is 0 Å². The van der Waals surface area contributed by atoms with Crippen molar-refractivity contribution >= 4 is 37.8 Å². The number of hydrogen-bond donors (Lipinski definition) is 1. The minimum atomic E-state index is -0.922. The molecule has 0 amide bonds. The molecule has 0 aliphatic rings. The molecule has 1 unspecified atom stereocenters. The van der Waals surface area contributed by atoms with Crippen LogP contribution in [0.25, 0.3) is 0 Å². The van der Waals surface area contributed by atoms with Crippen molar-refractivity contribution in [2.45, 2.75) is 12.8 Å². The van der Waals surface area contributed by atoms with Gasteiger partial charge in [-0.2, -0.15) is 0 Å². The van der Waals surface area contributed by atoms with E-state index in [1.807, 2.05) is 24.3 Å². The molecule has 110 valence electrons. The van der Waals surface area contributed by atoms with Crippen LogP contribution in [0.1, 0.15) is 11.1 Å². The summed E-state index contributed by atoms with van der Waals surface area (Å²) in [6.45, 7) is 0. The Morgan fingerprint density at radius 2 is 1.81 bits per heavy atom. The number of rotatable bonds is 5. The molecule has 0 aliphatic heterocycles. The predicted molar refractivity (Wildman–Crippen MR) is 86.8 cm³/mol. The van der Waals surface area contributed by atoms with Crippen molar-refractivity contribution in [1.29, 1.82) is 0 Å². The maximum Gasteiger partial charge on any atom is 0.307 e. The molecule has 0 bridgehead atoms. The van der Waals surface area contributed by atoms with E-state index in [4.69, 9.17) is 0 Å². The maximum atomic E-state index is 13.8. The quantitative estimate of drug-likeness (QED) is 0.758. The molecule has 2 nitrogen and oxygen atoms in total. The fourth-order valence-electron chi connectivity index (χ4n) is 2.16. The van der Waals surface area contributed by atoms with E-state index in [0.29, 0.717) is 12.0 Å². The molecular weight excluding hydrogens is 403 g/mol. The van der Waals surface area contributed by atoms with Gasteiger partial charge in [0.1, 0.15) is 5.82 Å². The van der Waals surface area contributed by atoms with Crippen LogP contribution in [0, 0.1) is 11.7 Å². The smallest absolute Gasteiger partial charge is 0.307 e. The molecular formula is C16H13Br2FO2. The van der Waals surface area contributed by atoms with Crippen molar-refractivity contribution in [3.8, 4) is 0 Å². The second kappa shape index (κ2) is 7.18. The van der Waals surface area contributed by atoms with Crippen LogP contribution in [-0.4, -0.2) is 11.1 Å². The van der Waals surface area contributed by atoms with Crippen LogP contribution in [-0.2, 0) is 17.6 Å². The summed E-state index contributed by atoms with van der Waals surface area (Å²) in [6, 6.07) is 12.1. The Bertz CT molecular complexity index is 658. The normalized spacial score (nSPS) is 12.1. The molecule has 5 heteroatoms. The topological polar surface area (TPSA) is 37.3 Å². The molecule has 0 saturated carbocycles. The van der Waals surface area contributed by atoms with Crippen LogP contribution >= 0.6 is 31.9 Å². The first-order valence-corrected chi connectivity index (χ1v) is 7.95. The number of carboxylic acid groups (broad SMARTS) is 1. The zero-order valence-electron chi connectivity index (χ0n) is 11.0. The number of benzene rings is 2. The molecule has 2 rings (SSSR count). The van der Waals surface area contributed by atoms with Crippen molar-refractivity contribution in [2.24, 2.45) is 5.92 Å². The van der Waals surface area contributed by atoms with Gasteiger partial charge in [0.15, 0.2) is 0 Å². The molecule has 0 saturated heterocycles. The third-order valence-corrected chi connectivity index (χ3v) is 4.18. The summed E-state index contributed by atoms with van der Waals surface area (Å²) in [6.07, 6.45) is 0.522. The monoisotopic (exact) mass is 414 g/mol. The first-order valence-electron chi connectivity index (χ1n) is 6.37. The van der Waals surface area contributed by atoms with Gasteiger partial charge in [0.05, 0.1) is 5.92 Å². The van der Waals surface area contributed by atoms with Gasteiger partial charge in [-0.25, -0.2) is 4.39 Å². The zero-order chi connectivity index (χ0) is 15.4. The standard InChI is InChI=1S/C16H13Br2FO2/c17-13-3-1-2-10(7-13)6-12(16(20)21)8-11-9-14(18)4-5-15(11)19/h1-5,7,9,12H,6,8H2,(H,20,21). The van der Waals surface area contributed by atoms with Crippen molar-refractivity contribution in [3.63, 3.8) is 0 Å². The predicted octanol–water partition coefficient (Wildman–Crippen LogP) is 4.84. The lowest BCUT2D eigenvalue weighted by atomic mass is 9.92. The summed E-state index contributed by atoms with van der Waals surface area (Å²) < 4.78 is 15.4. The fraction of sp³-hybridized carbons (Fsp3) is 0.188. The van der Waals surface area contributed by atoms with Crippen LogP contribution in [0.15, 0.2) is 51.4 Å². The van der Waals surface area contributed by atoms with Crippen molar-refractivity contribution < 1.29 is 14.3 Å². The highest BCUT2D eigenvalue weighted by molar-refractivity contribution is 9.10. The maximum absolute atomic E-state index is 13.8. The molecule has 0 spiro atoms. The Hall–Kier alpha value is -1.20. The lowest BCUT2D eigenvalue weighted by molar-refractivity contribution is -0.141. The third kappa shape index (κ3) is 4.64. The SMILES string of the molecule is O=C(O)C(Cc1cccc(Br)c1)Cc1cc(Br)ccc1F. The average Bonchev–Trinajstić information content (AvgIpc) is 2.42. The highest BCUT2D eigenvalue weighted by Gasteiger charge is 2.20. The van der Waals surface area contributed by atoms with Crippen LogP contribution in [0.2, 0.25) is 0 Å². The molecule has 0 aliphatic carbocycles. The van der Waals surface area contributed by atoms with Gasteiger partial charge in [-0.1, -0.05) is 44.0 Å². The molecule has 0 fully saturated rings. The van der Waals surface area contributed by atoms with E-state index in [2.05, 4.69) is 31.9 Å². The fourth-order valence-corrected chi connectivity index (χ4v) is 3.02. The number of aliphatic carboxylic acids is 1. The van der Waals surface area contributed by atoms with Gasteiger partial charge in [0, 0.05) is 8.95 Å². The molecule has 2 aromatic carbocycles. The molecule has 0 heterocycles. The second-order valence-electron chi connectivity index (χ2n) is 4.81. The Kier molecular flexibility index (Phi) is 5.53. The molecule has 1 atom stereocenters. The van der Waals surface area contributed by atoms with E-state index < -0.39 is 11.9 Å². The van der Waals surface area contributed by atoms with Gasteiger partial charge in [-0.05, 0) is 54.3 Å². The first-order chi connectivity index (χ1) is 9.95. The van der Waals surface area contributed by atoms with Gasteiger partial charge >= 0.3 is 5.97 Å². The lowest BCUT2D eigenvalue weighted by Gasteiger charge is -2.13. The van der Waals surface area contributed by atoms with E-state index in [9.17, 15) is 14.3 Å². The van der Waals surface area contributed by atoms with E-state index in [1.54, 1.807) is 12.1 Å². The molecule has 21 heavy (non-hydrogen) atoms. The Morgan fingerprint density at radius 3 is 2.48 bits per heavy atom. The first kappa shape index (κ1) is 16.2. The number of carboxylic acids is 1. The minimum absolute atomic E-state index is 0.160. The van der Waals surface area contributed by atoms with E-state index in [0.717, 1.165) is 14.5 Å². The second-order valence-corrected chi connectivity index (χ2v) is 6.64. The third-order valence-electron chi connectivity index (χ3n) is 3.19. The summed E-state index contributed by atoms with van der Waals surface area (Å²) in [7, 11) is 0. The minimum Gasteiger partial charge on any atom is -0.481 e. The molecule has 1 N–H and O–H groups in total. The van der Waals surface area contributed by atoms with Crippen LogP contribution in [0.3, 0.4) is 0 Å². The van der Waals surface area contributed by atoms with Crippen LogP contribution in [0.5, 0.6) is 0 Å². The van der Waals surface area contributed by atoms with Gasteiger partial charge in [-0.15, -0.1) is 0 Å². The summed E-state index contributed by atoms with van der Waals surface area (Å²) >= 11 is 6.64. The highest BCUT2D eigenvalue weighted by Crippen LogP contribution is 2.22. The van der Waals surface area contributed by atoms with Crippen molar-refractivity contribution in [2.75, 3.05) is 0 Å². The Balaban J connectivity index is 2.20. The summed E-state index contributed by atoms with van der Waals surface area (Å²) in [5.74, 6) is -1.96. The Morgan fingerprint density at radius 1 is 1.10 bits per heavy atom. The van der Waals surface area contributed by atoms with Crippen molar-refractivity contribution in [3.05, 3.63) is 68.4 Å². The number of carbonyl (C=O) groups is 1. The summed E-state index contributed by atoms with van der Waals surface area (Å²) in [5.41, 5.74) is 1.32. The largest absolute Gasteiger partial charge is 0.481 e. The lowest BCUT2D eigenvalue weighted by Crippen LogP contribution is -2.19. The number of hydrogen-bond acceptors (Lipinski definition) is 1. The van der Waals surface area contributed by atoms with Gasteiger partial charge in [0.25, 0.3) is 0 Å². The summed E-state index contributed by atoms with van der Waals surface area (Å²) in [4.78, 5) is 11.4. The van der Waals surface area contributed by atoms with Gasteiger partial charge < -0.3 is 5.11 Å². The molecule has 0 aromatic heterocycles. The average molecular weight is 416 g/mol. The molecule has 2 aromatic rings. The number of halogens is 3. The molecule has 0 radical (unpaired) electrons.